The summed E-state index contributed by atoms with van der Waals surface area (Å²) < 4.78 is 0. The van der Waals surface area contributed by atoms with Crippen LogP contribution in [0.25, 0.3) is 0 Å². The van der Waals surface area contributed by atoms with Crippen LogP contribution in [-0.4, -0.2) is 81.2 Å². The largest absolute Gasteiger partial charge is 0.481 e. The van der Waals surface area contributed by atoms with Gasteiger partial charge in [0.25, 0.3) is 0 Å². The van der Waals surface area contributed by atoms with Gasteiger partial charge in [-0.1, -0.05) is 18.8 Å². The van der Waals surface area contributed by atoms with E-state index in [2.05, 4.69) is 41.2 Å². The molecule has 7 nitrogen and oxygen atoms in total. The Balaban J connectivity index is 1.36. The summed E-state index contributed by atoms with van der Waals surface area (Å²) >= 11 is 0. The molecular weight excluding hydrogens is 466 g/mol. The summed E-state index contributed by atoms with van der Waals surface area (Å²) in [7, 11) is 0. The maximum absolute atomic E-state index is 11.5. The molecule has 4 aliphatic heterocycles. The molecule has 5 N–H and O–H groups in total. The summed E-state index contributed by atoms with van der Waals surface area (Å²) in [6.45, 7) is 6.72. The fourth-order valence-electron chi connectivity index (χ4n) is 7.43. The third-order valence-corrected chi connectivity index (χ3v) is 9.90. The third-order valence-electron chi connectivity index (χ3n) is 9.90. The zero-order chi connectivity index (χ0) is 26.5. The topological polar surface area (TPSA) is 105 Å². The SMILES string of the molecule is C[C@H]1[C@H](O)CC[C@H]2C[C@@H](CC[C@H]3C#CC[C@@H]4C[C@@](C)(CCN4)NC[C@](O)(CC(=O)O)CCCC3)CCN21. The Morgan fingerprint density at radius 1 is 1.14 bits per heavy atom. The molecule has 0 aromatic rings. The van der Waals surface area contributed by atoms with Crippen LogP contribution < -0.4 is 10.6 Å². The van der Waals surface area contributed by atoms with E-state index in [1.165, 1.54) is 19.3 Å². The highest BCUT2D eigenvalue weighted by atomic mass is 16.4. The van der Waals surface area contributed by atoms with Gasteiger partial charge in [-0.05, 0) is 97.1 Å². The fraction of sp³-hybridized carbons (Fsp3) is 0.900. The molecule has 210 valence electrons. The van der Waals surface area contributed by atoms with Crippen LogP contribution in [-0.2, 0) is 4.79 Å². The molecule has 3 saturated heterocycles. The molecule has 0 spiro atoms. The number of aliphatic hydroxyl groups is 2. The van der Waals surface area contributed by atoms with E-state index in [-0.39, 0.29) is 24.1 Å². The molecule has 0 unspecified atom stereocenters. The molecule has 0 aromatic carbocycles. The number of hydrogen-bond acceptors (Lipinski definition) is 6. The average molecular weight is 518 g/mol. The van der Waals surface area contributed by atoms with Crippen molar-refractivity contribution in [3.8, 4) is 11.8 Å². The van der Waals surface area contributed by atoms with Crippen LogP contribution in [0.5, 0.6) is 0 Å². The summed E-state index contributed by atoms with van der Waals surface area (Å²) in [4.78, 5) is 14.1. The molecule has 3 fully saturated rings. The first-order valence-corrected chi connectivity index (χ1v) is 15.0. The van der Waals surface area contributed by atoms with Crippen molar-refractivity contribution in [1.29, 1.82) is 0 Å². The van der Waals surface area contributed by atoms with E-state index in [9.17, 15) is 20.1 Å². The first-order chi connectivity index (χ1) is 17.6. The first kappa shape index (κ1) is 28.8. The first-order valence-electron chi connectivity index (χ1n) is 15.0. The van der Waals surface area contributed by atoms with Gasteiger partial charge in [0.15, 0.2) is 0 Å². The number of nitrogens with one attached hydrogen (secondary N) is 2. The Labute approximate surface area is 224 Å². The maximum atomic E-state index is 11.5. The lowest BCUT2D eigenvalue weighted by atomic mass is 9.79. The minimum Gasteiger partial charge on any atom is -0.481 e. The van der Waals surface area contributed by atoms with Crippen LogP contribution in [0.3, 0.4) is 0 Å². The third kappa shape index (κ3) is 8.16. The molecule has 8 atom stereocenters. The van der Waals surface area contributed by atoms with Gasteiger partial charge in [-0.2, -0.15) is 0 Å². The zero-order valence-electron chi connectivity index (χ0n) is 23.2. The number of aliphatic carboxylic acids is 1. The Bertz CT molecular complexity index is 827. The maximum Gasteiger partial charge on any atom is 0.306 e. The van der Waals surface area contributed by atoms with E-state index in [1.807, 2.05) is 0 Å². The second-order valence-corrected chi connectivity index (χ2v) is 13.0. The van der Waals surface area contributed by atoms with Crippen LogP contribution >= 0.6 is 0 Å². The molecule has 0 saturated carbocycles. The zero-order valence-corrected chi connectivity index (χ0v) is 23.2. The second-order valence-electron chi connectivity index (χ2n) is 13.0. The van der Waals surface area contributed by atoms with E-state index in [1.54, 1.807) is 0 Å². The number of β-amino-alcohol motifs (C(OH)–C–C–N with tert-alkyl or cyclic N) is 1. The van der Waals surface area contributed by atoms with Crippen LogP contribution in [0.15, 0.2) is 0 Å². The minimum atomic E-state index is -1.21. The van der Waals surface area contributed by atoms with Gasteiger partial charge in [0.2, 0.25) is 0 Å². The molecule has 0 radical (unpaired) electrons. The molecule has 37 heavy (non-hydrogen) atoms. The van der Waals surface area contributed by atoms with E-state index in [0.29, 0.717) is 31.0 Å². The molecule has 4 aliphatic rings. The number of carboxylic acid groups (broad SMARTS) is 1. The standard InChI is InChI=1S/C30H51N3O4/c1-22-27(34)12-11-26-18-24(13-17-33(22)26)10-9-23-6-3-4-14-30(37,20-28(35)36)21-32-29(2)15-16-31-25(19-29)8-5-7-23/h22-27,31-32,34,37H,3-4,6,8-21H2,1-2H3,(H,35,36)/t22-,23+,24-,25+,26-,27+,29+,30+/m0/s1. The van der Waals surface area contributed by atoms with Gasteiger partial charge >= 0.3 is 5.97 Å². The minimum absolute atomic E-state index is 0.116. The second kappa shape index (κ2) is 12.8. The lowest BCUT2D eigenvalue weighted by Gasteiger charge is -2.48. The Hall–Kier alpha value is -1.17. The molecule has 0 aliphatic carbocycles. The van der Waals surface area contributed by atoms with E-state index in [4.69, 9.17) is 0 Å². The van der Waals surface area contributed by atoms with Gasteiger partial charge in [-0.3, -0.25) is 9.69 Å². The fourth-order valence-corrected chi connectivity index (χ4v) is 7.43. The monoisotopic (exact) mass is 517 g/mol. The van der Waals surface area contributed by atoms with Gasteiger partial charge in [-0.15, -0.1) is 5.92 Å². The number of carboxylic acids is 1. The van der Waals surface area contributed by atoms with Crippen LogP contribution in [0.1, 0.15) is 104 Å². The van der Waals surface area contributed by atoms with E-state index >= 15 is 0 Å². The number of hydrogen-bond donors (Lipinski definition) is 5. The molecule has 4 heterocycles. The van der Waals surface area contributed by atoms with Gasteiger partial charge in [0.05, 0.1) is 18.1 Å². The number of piperidine rings is 3. The van der Waals surface area contributed by atoms with Gasteiger partial charge in [-0.25, -0.2) is 0 Å². The van der Waals surface area contributed by atoms with Gasteiger partial charge in [0.1, 0.15) is 0 Å². The summed E-state index contributed by atoms with van der Waals surface area (Å²) in [5.74, 6) is 7.36. The Morgan fingerprint density at radius 3 is 2.78 bits per heavy atom. The highest BCUT2D eigenvalue weighted by Crippen LogP contribution is 2.36. The van der Waals surface area contributed by atoms with Crippen molar-refractivity contribution in [2.75, 3.05) is 19.6 Å². The van der Waals surface area contributed by atoms with E-state index in [0.717, 1.165) is 76.8 Å². The Kier molecular flexibility index (Phi) is 9.96. The number of aliphatic hydroxyl groups excluding tert-OH is 1. The van der Waals surface area contributed by atoms with Crippen molar-refractivity contribution in [2.24, 2.45) is 11.8 Å². The lowest BCUT2D eigenvalue weighted by Crippen LogP contribution is -2.57. The predicted octanol–water partition coefficient (Wildman–Crippen LogP) is 3.28. The molecule has 0 amide bonds. The van der Waals surface area contributed by atoms with Gasteiger partial charge in [0, 0.05) is 42.5 Å². The van der Waals surface area contributed by atoms with E-state index < -0.39 is 11.6 Å². The average Bonchev–Trinajstić information content (AvgIpc) is 2.85. The number of nitrogens with zero attached hydrogens (tertiary/aromatic N) is 1. The highest BCUT2D eigenvalue weighted by molar-refractivity contribution is 5.68. The van der Waals surface area contributed by atoms with Crippen LogP contribution in [0.2, 0.25) is 0 Å². The van der Waals surface area contributed by atoms with Crippen molar-refractivity contribution in [1.82, 2.24) is 15.5 Å². The molecule has 7 heteroatoms. The van der Waals surface area contributed by atoms with Gasteiger partial charge < -0.3 is 26.0 Å². The normalized spacial score (nSPS) is 42.1. The summed E-state index contributed by atoms with van der Waals surface area (Å²) in [6.07, 6.45) is 12.5. The summed E-state index contributed by atoms with van der Waals surface area (Å²) in [5, 5.41) is 38.1. The summed E-state index contributed by atoms with van der Waals surface area (Å²) in [5.41, 5.74) is -1.33. The Morgan fingerprint density at radius 2 is 1.97 bits per heavy atom. The van der Waals surface area contributed by atoms with Crippen molar-refractivity contribution in [2.45, 2.75) is 139 Å². The van der Waals surface area contributed by atoms with Crippen molar-refractivity contribution in [3.05, 3.63) is 0 Å². The van der Waals surface area contributed by atoms with Crippen molar-refractivity contribution in [3.63, 3.8) is 0 Å². The van der Waals surface area contributed by atoms with Crippen LogP contribution in [0.4, 0.5) is 0 Å². The number of rotatable bonds is 5. The number of carbonyl (C=O) groups is 1. The van der Waals surface area contributed by atoms with Crippen LogP contribution in [0, 0.1) is 23.7 Å². The summed E-state index contributed by atoms with van der Waals surface area (Å²) in [6, 6.07) is 1.23. The number of fused-ring (bicyclic) bond motifs is 3. The molecule has 0 aromatic heterocycles. The smallest absolute Gasteiger partial charge is 0.306 e. The highest BCUT2D eigenvalue weighted by Gasteiger charge is 2.38. The molecular formula is C30H51N3O4. The predicted molar refractivity (Wildman–Crippen MR) is 146 cm³/mol. The van der Waals surface area contributed by atoms with Crippen molar-refractivity contribution < 1.29 is 20.1 Å². The lowest BCUT2D eigenvalue weighted by molar-refractivity contribution is -0.143. The van der Waals surface area contributed by atoms with Crippen molar-refractivity contribution >= 4 is 5.97 Å². The molecule has 2 bridgehead atoms. The molecule has 4 rings (SSSR count). The quantitative estimate of drug-likeness (QED) is 0.357.